The summed E-state index contributed by atoms with van der Waals surface area (Å²) >= 11 is 0. The highest BCUT2D eigenvalue weighted by molar-refractivity contribution is 6.00. The van der Waals surface area contributed by atoms with Gasteiger partial charge in [0.05, 0.1) is 24.0 Å². The molecule has 9 nitrogen and oxygen atoms in total. The lowest BCUT2D eigenvalue weighted by Crippen LogP contribution is -2.59. The molecular weight excluding hydrogens is 514 g/mol. The van der Waals surface area contributed by atoms with Crippen molar-refractivity contribution in [2.45, 2.75) is 71.6 Å². The number of aliphatic hydroxyl groups is 2. The van der Waals surface area contributed by atoms with E-state index in [0.29, 0.717) is 29.0 Å². The lowest BCUT2D eigenvalue weighted by atomic mass is 9.82. The first kappa shape index (κ1) is 27.9. The van der Waals surface area contributed by atoms with Gasteiger partial charge in [0.1, 0.15) is 11.7 Å². The predicted molar refractivity (Wildman–Crippen MR) is 150 cm³/mol. The number of ketones is 1. The molecule has 1 aliphatic heterocycles. The Balaban J connectivity index is 1.50. The van der Waals surface area contributed by atoms with E-state index in [0.717, 1.165) is 17.3 Å². The van der Waals surface area contributed by atoms with Crippen LogP contribution < -0.4 is 15.1 Å². The van der Waals surface area contributed by atoms with Crippen LogP contribution in [0.15, 0.2) is 51.7 Å². The molecule has 0 amide bonds. The molecule has 1 unspecified atom stereocenters. The molecule has 0 aliphatic carbocycles. The molecule has 40 heavy (non-hydrogen) atoms. The molecule has 0 saturated carbocycles. The highest BCUT2D eigenvalue weighted by Crippen LogP contribution is 2.41. The average molecular weight is 550 g/mol. The van der Waals surface area contributed by atoms with E-state index in [1.807, 2.05) is 45.0 Å². The van der Waals surface area contributed by atoms with Crippen LogP contribution in [0.3, 0.4) is 0 Å². The number of carbonyl (C=O) groups excluding carboxylic acids is 1. The lowest BCUT2D eigenvalue weighted by Gasteiger charge is -2.46. The maximum Gasteiger partial charge on any atom is 0.339 e. The van der Waals surface area contributed by atoms with Crippen molar-refractivity contribution in [2.24, 2.45) is 5.92 Å². The van der Waals surface area contributed by atoms with Crippen LogP contribution >= 0.6 is 0 Å². The molecule has 1 aliphatic rings. The van der Waals surface area contributed by atoms with Crippen LogP contribution in [-0.2, 0) is 11.2 Å². The molecule has 1 saturated heterocycles. The van der Waals surface area contributed by atoms with E-state index < -0.39 is 29.7 Å². The van der Waals surface area contributed by atoms with Crippen molar-refractivity contribution < 1.29 is 33.6 Å². The SMILES string of the molecule is CCCOc1cc2cc(CC(=O)c3cc4ccccc4[nH]3)c(=O)oc2c(C)c1OC1OC(C)(C)[C@H](C)[C@H](O)[C@@H]1O. The smallest absolute Gasteiger partial charge is 0.339 e. The van der Waals surface area contributed by atoms with Gasteiger partial charge in [-0.15, -0.1) is 0 Å². The molecule has 1 fully saturated rings. The molecule has 3 N–H and O–H groups in total. The Hall–Kier alpha value is -3.66. The predicted octanol–water partition coefficient (Wildman–Crippen LogP) is 4.67. The number of rotatable bonds is 8. The van der Waals surface area contributed by atoms with E-state index in [-0.39, 0.29) is 35.0 Å². The minimum absolute atomic E-state index is 0.138. The van der Waals surface area contributed by atoms with Crippen LogP contribution in [0.1, 0.15) is 55.7 Å². The molecule has 4 aromatic rings. The molecule has 2 aromatic heterocycles. The Morgan fingerprint density at radius 3 is 2.58 bits per heavy atom. The van der Waals surface area contributed by atoms with Gasteiger partial charge in [-0.05, 0) is 51.5 Å². The zero-order chi connectivity index (χ0) is 28.8. The molecular formula is C31H35NO8. The first-order valence-electron chi connectivity index (χ1n) is 13.5. The summed E-state index contributed by atoms with van der Waals surface area (Å²) in [6, 6.07) is 12.7. The lowest BCUT2D eigenvalue weighted by molar-refractivity contribution is -0.285. The molecule has 5 rings (SSSR count). The fraction of sp³-hybridized carbons (Fsp3) is 0.419. The highest BCUT2D eigenvalue weighted by Gasteiger charge is 2.48. The number of aromatic amines is 1. The Morgan fingerprint density at radius 2 is 1.85 bits per heavy atom. The van der Waals surface area contributed by atoms with E-state index in [2.05, 4.69) is 4.98 Å². The van der Waals surface area contributed by atoms with Crippen molar-refractivity contribution in [1.82, 2.24) is 4.98 Å². The first-order valence-corrected chi connectivity index (χ1v) is 13.5. The summed E-state index contributed by atoms with van der Waals surface area (Å²) in [4.78, 5) is 29.1. The average Bonchev–Trinajstić information content (AvgIpc) is 3.36. The van der Waals surface area contributed by atoms with Crippen LogP contribution in [0, 0.1) is 12.8 Å². The van der Waals surface area contributed by atoms with Gasteiger partial charge in [-0.3, -0.25) is 4.79 Å². The molecule has 4 atom stereocenters. The van der Waals surface area contributed by atoms with Gasteiger partial charge in [0.15, 0.2) is 17.3 Å². The van der Waals surface area contributed by atoms with Crippen LogP contribution in [0.2, 0.25) is 0 Å². The van der Waals surface area contributed by atoms with Crippen LogP contribution in [-0.4, -0.2) is 51.7 Å². The number of H-pyrrole nitrogens is 1. The highest BCUT2D eigenvalue weighted by atomic mass is 16.7. The molecule has 0 spiro atoms. The van der Waals surface area contributed by atoms with Gasteiger partial charge in [0.2, 0.25) is 6.29 Å². The zero-order valence-electron chi connectivity index (χ0n) is 23.3. The minimum atomic E-state index is -1.30. The Kier molecular flexibility index (Phi) is 7.48. The Labute approximate surface area is 231 Å². The van der Waals surface area contributed by atoms with Crippen LogP contribution in [0.5, 0.6) is 11.5 Å². The second kappa shape index (κ2) is 10.7. The van der Waals surface area contributed by atoms with Gasteiger partial charge in [-0.1, -0.05) is 32.0 Å². The van der Waals surface area contributed by atoms with Gasteiger partial charge in [-0.25, -0.2) is 4.79 Å². The van der Waals surface area contributed by atoms with Crippen molar-refractivity contribution in [3.63, 3.8) is 0 Å². The number of aromatic nitrogens is 1. The maximum absolute atomic E-state index is 13.0. The summed E-state index contributed by atoms with van der Waals surface area (Å²) in [5.41, 5.74) is 0.813. The number of fused-ring (bicyclic) bond motifs is 2. The zero-order valence-corrected chi connectivity index (χ0v) is 23.3. The standard InChI is InChI=1S/C31H35NO8/c1-6-11-37-24-15-19-12-20(14-23(33)22-13-18-9-7-8-10-21(18)32-22)29(36)38-27(19)16(2)28(24)39-30-26(35)25(34)17(3)31(4,5)40-30/h7-10,12-13,15,17,25-26,30,32,34-35H,6,11,14H2,1-5H3/t17-,25+,26+,30?/m1/s1. The number of Topliss-reactive ketones (excluding diaryl/α,β-unsaturated/α-hetero) is 1. The molecule has 2 aromatic carbocycles. The third kappa shape index (κ3) is 5.12. The number of aryl methyl sites for hydroxylation is 1. The van der Waals surface area contributed by atoms with E-state index in [1.54, 1.807) is 32.0 Å². The largest absolute Gasteiger partial charge is 0.490 e. The van der Waals surface area contributed by atoms with Gasteiger partial charge >= 0.3 is 5.63 Å². The van der Waals surface area contributed by atoms with Crippen molar-refractivity contribution in [3.05, 3.63) is 69.7 Å². The molecule has 3 heterocycles. The summed E-state index contributed by atoms with van der Waals surface area (Å²) in [5, 5.41) is 22.8. The molecule has 0 radical (unpaired) electrons. The number of hydrogen-bond acceptors (Lipinski definition) is 8. The summed E-state index contributed by atoms with van der Waals surface area (Å²) < 4.78 is 23.9. The van der Waals surface area contributed by atoms with E-state index in [9.17, 15) is 19.8 Å². The number of para-hydroxylation sites is 1. The number of hydrogen-bond donors (Lipinski definition) is 3. The molecule has 9 heteroatoms. The maximum atomic E-state index is 13.0. The Morgan fingerprint density at radius 1 is 1.10 bits per heavy atom. The monoisotopic (exact) mass is 549 g/mol. The number of nitrogens with one attached hydrogen (secondary N) is 1. The number of carbonyl (C=O) groups is 1. The second-order valence-electron chi connectivity index (χ2n) is 11.0. The second-order valence-corrected chi connectivity index (χ2v) is 11.0. The molecule has 0 bridgehead atoms. The van der Waals surface area contributed by atoms with Gasteiger partial charge in [-0.2, -0.15) is 0 Å². The van der Waals surface area contributed by atoms with Crippen LogP contribution in [0.4, 0.5) is 0 Å². The first-order chi connectivity index (χ1) is 19.0. The van der Waals surface area contributed by atoms with Crippen LogP contribution in [0.25, 0.3) is 21.9 Å². The quantitative estimate of drug-likeness (QED) is 0.214. The topological polar surface area (TPSA) is 131 Å². The normalized spacial score (nSPS) is 22.5. The third-order valence-corrected chi connectivity index (χ3v) is 7.78. The van der Waals surface area contributed by atoms with E-state index >= 15 is 0 Å². The number of ether oxygens (including phenoxy) is 3. The van der Waals surface area contributed by atoms with Crippen molar-refractivity contribution in [2.75, 3.05) is 6.61 Å². The number of benzene rings is 2. The van der Waals surface area contributed by atoms with Gasteiger partial charge in [0, 0.05) is 39.8 Å². The summed E-state index contributed by atoms with van der Waals surface area (Å²) in [7, 11) is 0. The van der Waals surface area contributed by atoms with Crippen molar-refractivity contribution in [1.29, 1.82) is 0 Å². The summed E-state index contributed by atoms with van der Waals surface area (Å²) in [6.45, 7) is 9.52. The minimum Gasteiger partial charge on any atom is -0.490 e. The third-order valence-electron chi connectivity index (χ3n) is 7.78. The van der Waals surface area contributed by atoms with Gasteiger partial charge < -0.3 is 33.8 Å². The van der Waals surface area contributed by atoms with Crippen molar-refractivity contribution in [3.8, 4) is 11.5 Å². The number of aliphatic hydroxyl groups excluding tert-OH is 2. The Bertz CT molecular complexity index is 1580. The van der Waals surface area contributed by atoms with E-state index in [4.69, 9.17) is 18.6 Å². The van der Waals surface area contributed by atoms with Gasteiger partial charge in [0.25, 0.3) is 0 Å². The van der Waals surface area contributed by atoms with Crippen molar-refractivity contribution >= 4 is 27.7 Å². The fourth-order valence-electron chi connectivity index (χ4n) is 5.06. The van der Waals surface area contributed by atoms with E-state index in [1.165, 1.54) is 0 Å². The fourth-order valence-corrected chi connectivity index (χ4v) is 5.06. The summed E-state index contributed by atoms with van der Waals surface area (Å²) in [6.07, 6.45) is -2.95. The summed E-state index contributed by atoms with van der Waals surface area (Å²) in [5.74, 6) is 0.0445. The molecule has 212 valence electrons.